The smallest absolute Gasteiger partial charge is 0.252 e. The normalized spacial score (nSPS) is 17.4. The zero-order valence-electron chi connectivity index (χ0n) is 15.6. The molecular weight excluding hydrogens is 362 g/mol. The first-order chi connectivity index (χ1) is 12.9. The van der Waals surface area contributed by atoms with Crippen LogP contribution in [0.4, 0.5) is 0 Å². The van der Waals surface area contributed by atoms with Gasteiger partial charge in [-0.1, -0.05) is 35.9 Å². The van der Waals surface area contributed by atoms with Crippen molar-refractivity contribution in [1.29, 1.82) is 0 Å². The van der Waals surface area contributed by atoms with Gasteiger partial charge >= 0.3 is 0 Å². The van der Waals surface area contributed by atoms with Gasteiger partial charge in [-0.05, 0) is 38.1 Å². The van der Waals surface area contributed by atoms with Gasteiger partial charge in [-0.25, -0.2) is 8.42 Å². The molecule has 7 heteroatoms. The van der Waals surface area contributed by atoms with Crippen LogP contribution in [-0.4, -0.2) is 55.9 Å². The average molecular weight is 388 g/mol. The lowest BCUT2D eigenvalue weighted by atomic mass is 10.2. The summed E-state index contributed by atoms with van der Waals surface area (Å²) in [5, 5.41) is 2.98. The van der Waals surface area contributed by atoms with E-state index in [4.69, 9.17) is 0 Å². The number of piperazine rings is 1. The monoisotopic (exact) mass is 387 g/mol. The quantitative estimate of drug-likeness (QED) is 0.853. The van der Waals surface area contributed by atoms with Crippen LogP contribution in [0.5, 0.6) is 0 Å². The molecule has 1 saturated heterocycles. The summed E-state index contributed by atoms with van der Waals surface area (Å²) in [6.07, 6.45) is -0.165. The van der Waals surface area contributed by atoms with Crippen molar-refractivity contribution in [2.45, 2.75) is 24.9 Å². The first-order valence-corrected chi connectivity index (χ1v) is 10.5. The molecule has 0 saturated carbocycles. The minimum Gasteiger partial charge on any atom is -0.337 e. The summed E-state index contributed by atoms with van der Waals surface area (Å²) in [5.74, 6) is -0.127. The highest BCUT2D eigenvalue weighted by Gasteiger charge is 2.30. The fraction of sp³-hybridized carbons (Fsp3) is 0.350. The summed E-state index contributed by atoms with van der Waals surface area (Å²) in [6.45, 7) is 5.80. The van der Waals surface area contributed by atoms with E-state index in [-0.39, 0.29) is 12.1 Å². The van der Waals surface area contributed by atoms with Gasteiger partial charge in [-0.3, -0.25) is 9.69 Å². The van der Waals surface area contributed by atoms with Crippen LogP contribution in [0, 0.1) is 6.92 Å². The number of carbonyl (C=O) groups is 1. The Morgan fingerprint density at radius 3 is 2.15 bits per heavy atom. The topological polar surface area (TPSA) is 69.7 Å². The van der Waals surface area contributed by atoms with Gasteiger partial charge in [0.2, 0.25) is 10.0 Å². The predicted molar refractivity (Wildman–Crippen MR) is 105 cm³/mol. The molecule has 144 valence electrons. The van der Waals surface area contributed by atoms with Gasteiger partial charge in [0.25, 0.3) is 5.91 Å². The molecule has 0 aliphatic carbocycles. The van der Waals surface area contributed by atoms with E-state index < -0.39 is 10.0 Å². The van der Waals surface area contributed by atoms with Gasteiger partial charge in [0.15, 0.2) is 0 Å². The maximum absolute atomic E-state index is 12.8. The minimum atomic E-state index is -3.47. The molecule has 1 fully saturated rings. The summed E-state index contributed by atoms with van der Waals surface area (Å²) in [5.41, 5.74) is 1.65. The van der Waals surface area contributed by atoms with E-state index in [2.05, 4.69) is 10.2 Å². The lowest BCUT2D eigenvalue weighted by Gasteiger charge is -2.37. The number of rotatable bonds is 5. The Kier molecular flexibility index (Phi) is 5.94. The second kappa shape index (κ2) is 8.21. The number of nitrogens with zero attached hydrogens (tertiary/aromatic N) is 2. The van der Waals surface area contributed by atoms with Gasteiger partial charge in [0.1, 0.15) is 0 Å². The number of carbonyl (C=O) groups excluding carboxylic acids is 1. The Bertz CT molecular complexity index is 874. The number of amides is 1. The van der Waals surface area contributed by atoms with Crippen LogP contribution in [-0.2, 0) is 10.0 Å². The van der Waals surface area contributed by atoms with Crippen molar-refractivity contribution in [2.24, 2.45) is 0 Å². The third-order valence-corrected chi connectivity index (χ3v) is 6.77. The first kappa shape index (κ1) is 19.5. The first-order valence-electron chi connectivity index (χ1n) is 9.05. The largest absolute Gasteiger partial charge is 0.337 e. The molecule has 0 spiro atoms. The van der Waals surface area contributed by atoms with Crippen molar-refractivity contribution in [1.82, 2.24) is 14.5 Å². The predicted octanol–water partition coefficient (Wildman–Crippen LogP) is 2.08. The highest BCUT2D eigenvalue weighted by molar-refractivity contribution is 7.89. The Hall–Kier alpha value is -2.22. The van der Waals surface area contributed by atoms with Gasteiger partial charge in [-0.2, -0.15) is 4.31 Å². The zero-order chi connectivity index (χ0) is 19.4. The number of aryl methyl sites for hydroxylation is 1. The van der Waals surface area contributed by atoms with Crippen molar-refractivity contribution in [3.63, 3.8) is 0 Å². The summed E-state index contributed by atoms with van der Waals surface area (Å²) in [6, 6.07) is 16.0. The van der Waals surface area contributed by atoms with Gasteiger partial charge in [0.05, 0.1) is 11.1 Å². The summed E-state index contributed by atoms with van der Waals surface area (Å²) < 4.78 is 27.1. The SMILES string of the molecule is Cc1ccc(S(=O)(=O)N2CCN(C(C)NC(=O)c3ccccc3)CC2)cc1. The summed E-state index contributed by atoms with van der Waals surface area (Å²) >= 11 is 0. The number of nitrogens with one attached hydrogen (secondary N) is 1. The van der Waals surface area contributed by atoms with Crippen molar-refractivity contribution in [3.05, 3.63) is 65.7 Å². The molecule has 1 aliphatic heterocycles. The average Bonchev–Trinajstić information content (AvgIpc) is 2.69. The molecule has 0 bridgehead atoms. The second-order valence-electron chi connectivity index (χ2n) is 6.77. The number of hydrogen-bond donors (Lipinski definition) is 1. The van der Waals surface area contributed by atoms with E-state index in [9.17, 15) is 13.2 Å². The van der Waals surface area contributed by atoms with Crippen LogP contribution < -0.4 is 5.32 Å². The molecule has 3 rings (SSSR count). The molecule has 2 aromatic rings. The molecule has 0 radical (unpaired) electrons. The molecule has 27 heavy (non-hydrogen) atoms. The Morgan fingerprint density at radius 2 is 1.56 bits per heavy atom. The zero-order valence-corrected chi connectivity index (χ0v) is 16.4. The Labute approximate surface area is 160 Å². The molecule has 1 heterocycles. The van der Waals surface area contributed by atoms with Gasteiger partial charge < -0.3 is 5.32 Å². The fourth-order valence-corrected chi connectivity index (χ4v) is 4.57. The number of sulfonamides is 1. The maximum Gasteiger partial charge on any atom is 0.252 e. The Balaban J connectivity index is 1.58. The lowest BCUT2D eigenvalue weighted by Crippen LogP contribution is -2.55. The Morgan fingerprint density at radius 1 is 0.963 bits per heavy atom. The van der Waals surface area contributed by atoms with Crippen molar-refractivity contribution in [2.75, 3.05) is 26.2 Å². The van der Waals surface area contributed by atoms with Gasteiger partial charge in [-0.15, -0.1) is 0 Å². The van der Waals surface area contributed by atoms with Crippen LogP contribution in [0.1, 0.15) is 22.8 Å². The van der Waals surface area contributed by atoms with Crippen LogP contribution in [0.3, 0.4) is 0 Å². The second-order valence-corrected chi connectivity index (χ2v) is 8.71. The maximum atomic E-state index is 12.8. The molecule has 2 aromatic carbocycles. The van der Waals surface area contributed by atoms with Crippen molar-refractivity contribution < 1.29 is 13.2 Å². The molecule has 6 nitrogen and oxygen atoms in total. The molecule has 1 N–H and O–H groups in total. The van der Waals surface area contributed by atoms with E-state index in [1.54, 1.807) is 24.3 Å². The summed E-state index contributed by atoms with van der Waals surface area (Å²) in [4.78, 5) is 14.7. The number of benzene rings is 2. The molecule has 1 aliphatic rings. The van der Waals surface area contributed by atoms with Crippen LogP contribution >= 0.6 is 0 Å². The van der Waals surface area contributed by atoms with E-state index in [1.165, 1.54) is 4.31 Å². The summed E-state index contributed by atoms with van der Waals surface area (Å²) in [7, 11) is -3.47. The fourth-order valence-electron chi connectivity index (χ4n) is 3.14. The number of hydrogen-bond acceptors (Lipinski definition) is 4. The molecule has 1 atom stereocenters. The van der Waals surface area contributed by atoms with Gasteiger partial charge in [0, 0.05) is 31.7 Å². The highest BCUT2D eigenvalue weighted by atomic mass is 32.2. The molecular formula is C20H25N3O3S. The standard InChI is InChI=1S/C20H25N3O3S/c1-16-8-10-19(11-9-16)27(25,26)23-14-12-22(13-15-23)17(2)21-20(24)18-6-4-3-5-7-18/h3-11,17H,12-15H2,1-2H3,(H,21,24). The van der Waals surface area contributed by atoms with Crippen molar-refractivity contribution >= 4 is 15.9 Å². The minimum absolute atomic E-state index is 0.127. The highest BCUT2D eigenvalue weighted by Crippen LogP contribution is 2.18. The van der Waals surface area contributed by atoms with Crippen LogP contribution in [0.25, 0.3) is 0 Å². The third-order valence-electron chi connectivity index (χ3n) is 4.86. The lowest BCUT2D eigenvalue weighted by molar-refractivity contribution is 0.0811. The van der Waals surface area contributed by atoms with Crippen LogP contribution in [0.2, 0.25) is 0 Å². The van der Waals surface area contributed by atoms with E-state index in [1.807, 2.05) is 44.2 Å². The van der Waals surface area contributed by atoms with E-state index in [0.29, 0.717) is 36.6 Å². The van der Waals surface area contributed by atoms with E-state index in [0.717, 1.165) is 5.56 Å². The van der Waals surface area contributed by atoms with Crippen molar-refractivity contribution in [3.8, 4) is 0 Å². The molecule has 0 aromatic heterocycles. The van der Waals surface area contributed by atoms with E-state index >= 15 is 0 Å². The van der Waals surface area contributed by atoms with Crippen LogP contribution in [0.15, 0.2) is 59.5 Å². The molecule has 1 unspecified atom stereocenters. The molecule has 1 amide bonds. The third kappa shape index (κ3) is 4.55.